The van der Waals surface area contributed by atoms with Crippen molar-refractivity contribution in [2.45, 2.75) is 50.5 Å². The van der Waals surface area contributed by atoms with Crippen molar-refractivity contribution in [2.24, 2.45) is 0 Å². The lowest BCUT2D eigenvalue weighted by atomic mass is 10.2. The average molecular weight is 354 g/mol. The van der Waals surface area contributed by atoms with Crippen LogP contribution in [0.5, 0.6) is 5.75 Å². The number of rotatable bonds is 5. The van der Waals surface area contributed by atoms with Gasteiger partial charge in [0.1, 0.15) is 5.75 Å². The third-order valence-electron chi connectivity index (χ3n) is 4.30. The monoisotopic (exact) mass is 354 g/mol. The van der Waals surface area contributed by atoms with Gasteiger partial charge < -0.3 is 9.64 Å². The Morgan fingerprint density at radius 1 is 1.21 bits per heavy atom. The predicted molar refractivity (Wildman–Crippen MR) is 92.6 cm³/mol. The summed E-state index contributed by atoms with van der Waals surface area (Å²) in [6, 6.07) is 3.86. The minimum atomic E-state index is -3.75. The Bertz CT molecular complexity index is 680. The average Bonchev–Trinajstić information content (AvgIpc) is 2.82. The number of sulfonamides is 1. The maximum absolute atomic E-state index is 12.5. The summed E-state index contributed by atoms with van der Waals surface area (Å²) in [7, 11) is -2.21. The van der Waals surface area contributed by atoms with E-state index in [-0.39, 0.29) is 10.8 Å². The maximum Gasteiger partial charge on any atom is 0.241 e. The van der Waals surface area contributed by atoms with E-state index in [1.54, 1.807) is 30.9 Å². The number of ether oxygens (including phenoxy) is 1. The van der Waals surface area contributed by atoms with E-state index < -0.39 is 16.1 Å². The smallest absolute Gasteiger partial charge is 0.241 e. The lowest BCUT2D eigenvalue weighted by Crippen LogP contribution is -2.47. The van der Waals surface area contributed by atoms with Crippen LogP contribution >= 0.6 is 0 Å². The molecule has 0 unspecified atom stereocenters. The van der Waals surface area contributed by atoms with Crippen LogP contribution in [-0.2, 0) is 14.8 Å². The van der Waals surface area contributed by atoms with Gasteiger partial charge in [-0.15, -0.1) is 0 Å². The first kappa shape index (κ1) is 18.7. The van der Waals surface area contributed by atoms with E-state index in [9.17, 15) is 13.2 Å². The first-order valence-electron chi connectivity index (χ1n) is 8.31. The van der Waals surface area contributed by atoms with Crippen molar-refractivity contribution < 1.29 is 17.9 Å². The van der Waals surface area contributed by atoms with Crippen LogP contribution < -0.4 is 9.46 Å². The first-order chi connectivity index (χ1) is 11.3. The van der Waals surface area contributed by atoms with E-state index in [1.807, 2.05) is 0 Å². The molecule has 1 atom stereocenters. The summed E-state index contributed by atoms with van der Waals surface area (Å²) in [6.45, 7) is 4.78. The fourth-order valence-corrected chi connectivity index (χ4v) is 4.22. The highest BCUT2D eigenvalue weighted by molar-refractivity contribution is 7.89. The molecule has 1 heterocycles. The number of nitrogens with zero attached hydrogens (tertiary/aromatic N) is 1. The molecule has 0 bridgehead atoms. The first-order valence-corrected chi connectivity index (χ1v) is 9.79. The van der Waals surface area contributed by atoms with Gasteiger partial charge in [-0.3, -0.25) is 4.79 Å². The molecule has 1 N–H and O–H groups in total. The van der Waals surface area contributed by atoms with E-state index in [2.05, 4.69) is 4.72 Å². The fourth-order valence-electron chi connectivity index (χ4n) is 2.93. The number of hydrogen-bond donors (Lipinski definition) is 1. The summed E-state index contributed by atoms with van der Waals surface area (Å²) >= 11 is 0. The van der Waals surface area contributed by atoms with E-state index in [0.29, 0.717) is 18.8 Å². The molecule has 1 aromatic carbocycles. The highest BCUT2D eigenvalue weighted by Crippen LogP contribution is 2.21. The molecule has 7 heteroatoms. The van der Waals surface area contributed by atoms with Gasteiger partial charge in [-0.05, 0) is 50.5 Å². The Kier molecular flexibility index (Phi) is 6.23. The molecule has 1 saturated heterocycles. The molecule has 1 amide bonds. The number of benzene rings is 1. The molecule has 6 nitrogen and oxygen atoms in total. The Balaban J connectivity index is 2.09. The van der Waals surface area contributed by atoms with Crippen LogP contribution in [-0.4, -0.2) is 45.5 Å². The molecule has 1 aliphatic rings. The summed E-state index contributed by atoms with van der Waals surface area (Å²) in [5.41, 5.74) is 0.729. The van der Waals surface area contributed by atoms with Crippen molar-refractivity contribution >= 4 is 15.9 Å². The summed E-state index contributed by atoms with van der Waals surface area (Å²) in [5, 5.41) is 0. The number of carbonyl (C=O) groups excluding carboxylic acids is 1. The minimum Gasteiger partial charge on any atom is -0.496 e. The molecule has 0 saturated carbocycles. The second-order valence-corrected chi connectivity index (χ2v) is 7.93. The summed E-state index contributed by atoms with van der Waals surface area (Å²) in [4.78, 5) is 14.4. The van der Waals surface area contributed by atoms with Crippen LogP contribution in [0.15, 0.2) is 23.1 Å². The van der Waals surface area contributed by atoms with Crippen molar-refractivity contribution in [3.05, 3.63) is 23.8 Å². The molecular formula is C17H26N2O4S. The molecule has 0 aliphatic carbocycles. The van der Waals surface area contributed by atoms with Crippen molar-refractivity contribution in [2.75, 3.05) is 20.2 Å². The van der Waals surface area contributed by atoms with Crippen LogP contribution in [0, 0.1) is 6.92 Å². The van der Waals surface area contributed by atoms with Crippen molar-refractivity contribution in [1.82, 2.24) is 9.62 Å². The van der Waals surface area contributed by atoms with Gasteiger partial charge in [-0.1, -0.05) is 12.8 Å². The van der Waals surface area contributed by atoms with Crippen molar-refractivity contribution in [3.8, 4) is 5.75 Å². The Labute approximate surface area is 144 Å². The fraction of sp³-hybridized carbons (Fsp3) is 0.588. The normalized spacial score (nSPS) is 17.2. The number of amides is 1. The largest absolute Gasteiger partial charge is 0.496 e. The van der Waals surface area contributed by atoms with Gasteiger partial charge in [0.05, 0.1) is 18.0 Å². The second-order valence-electron chi connectivity index (χ2n) is 6.21. The van der Waals surface area contributed by atoms with Crippen LogP contribution in [0.4, 0.5) is 0 Å². The molecule has 0 aromatic heterocycles. The molecule has 1 aromatic rings. The van der Waals surface area contributed by atoms with Crippen LogP contribution in [0.25, 0.3) is 0 Å². The van der Waals surface area contributed by atoms with Gasteiger partial charge in [-0.25, -0.2) is 8.42 Å². The zero-order chi connectivity index (χ0) is 17.7. The van der Waals surface area contributed by atoms with Crippen molar-refractivity contribution in [3.63, 3.8) is 0 Å². The number of nitrogens with one attached hydrogen (secondary N) is 1. The summed E-state index contributed by atoms with van der Waals surface area (Å²) in [6.07, 6.45) is 4.19. The van der Waals surface area contributed by atoms with Gasteiger partial charge >= 0.3 is 0 Å². The lowest BCUT2D eigenvalue weighted by Gasteiger charge is -2.24. The Morgan fingerprint density at radius 3 is 2.38 bits per heavy atom. The molecular weight excluding hydrogens is 328 g/mol. The van der Waals surface area contributed by atoms with Gasteiger partial charge in [-0.2, -0.15) is 4.72 Å². The van der Waals surface area contributed by atoms with Crippen LogP contribution in [0.3, 0.4) is 0 Å². The van der Waals surface area contributed by atoms with Gasteiger partial charge in [0.2, 0.25) is 15.9 Å². The molecule has 0 spiro atoms. The topological polar surface area (TPSA) is 75.7 Å². The van der Waals surface area contributed by atoms with Crippen LogP contribution in [0.1, 0.15) is 38.2 Å². The van der Waals surface area contributed by atoms with E-state index in [4.69, 9.17) is 4.74 Å². The number of methoxy groups -OCH3 is 1. The maximum atomic E-state index is 12.5. The molecule has 1 aliphatic heterocycles. The van der Waals surface area contributed by atoms with Crippen molar-refractivity contribution in [1.29, 1.82) is 0 Å². The highest BCUT2D eigenvalue weighted by Gasteiger charge is 2.26. The third-order valence-corrected chi connectivity index (χ3v) is 5.84. The van der Waals surface area contributed by atoms with E-state index in [1.165, 1.54) is 13.2 Å². The number of hydrogen-bond acceptors (Lipinski definition) is 4. The second kappa shape index (κ2) is 7.98. The summed E-state index contributed by atoms with van der Waals surface area (Å²) < 4.78 is 32.7. The third kappa shape index (κ3) is 4.48. The van der Waals surface area contributed by atoms with Crippen LogP contribution in [0.2, 0.25) is 0 Å². The van der Waals surface area contributed by atoms with E-state index >= 15 is 0 Å². The minimum absolute atomic E-state index is 0.135. The zero-order valence-electron chi connectivity index (χ0n) is 14.5. The Hall–Kier alpha value is -1.60. The zero-order valence-corrected chi connectivity index (χ0v) is 15.4. The molecule has 134 valence electrons. The molecule has 1 fully saturated rings. The standard InChI is InChI=1S/C17H26N2O4S/c1-13-12-15(8-9-16(13)23-3)24(21,22)18-14(2)17(20)19-10-6-4-5-7-11-19/h8-9,12,14,18H,4-7,10-11H2,1-3H3/t14-/m0/s1. The number of carbonyl (C=O) groups is 1. The highest BCUT2D eigenvalue weighted by atomic mass is 32.2. The molecule has 2 rings (SSSR count). The lowest BCUT2D eigenvalue weighted by molar-refractivity contribution is -0.132. The Morgan fingerprint density at radius 2 is 1.83 bits per heavy atom. The molecule has 0 radical (unpaired) electrons. The quantitative estimate of drug-likeness (QED) is 0.878. The SMILES string of the molecule is COc1ccc(S(=O)(=O)N[C@@H](C)C(=O)N2CCCCCC2)cc1C. The molecule has 24 heavy (non-hydrogen) atoms. The van der Waals surface area contributed by atoms with E-state index in [0.717, 1.165) is 31.2 Å². The predicted octanol–water partition coefficient (Wildman–Crippen LogP) is 2.07. The number of likely N-dealkylation sites (tertiary alicyclic amines) is 1. The van der Waals surface area contributed by atoms with Gasteiger partial charge in [0, 0.05) is 13.1 Å². The number of aryl methyl sites for hydroxylation is 1. The van der Waals surface area contributed by atoms with Gasteiger partial charge in [0.25, 0.3) is 0 Å². The van der Waals surface area contributed by atoms with Gasteiger partial charge in [0.15, 0.2) is 0 Å². The summed E-state index contributed by atoms with van der Waals surface area (Å²) in [5.74, 6) is 0.466.